The van der Waals surface area contributed by atoms with Gasteiger partial charge in [0, 0.05) is 5.56 Å². The lowest BCUT2D eigenvalue weighted by Crippen LogP contribution is -2.27. The molecule has 0 bridgehead atoms. The van der Waals surface area contributed by atoms with Crippen molar-refractivity contribution in [1.82, 2.24) is 0 Å². The maximum atomic E-state index is 11.4. The van der Waals surface area contributed by atoms with Crippen LogP contribution in [-0.2, 0) is 10.0 Å². The summed E-state index contributed by atoms with van der Waals surface area (Å²) < 4.78 is 5.79. The molecule has 0 spiro atoms. The van der Waals surface area contributed by atoms with E-state index in [0.717, 1.165) is 5.56 Å². The molecule has 0 saturated heterocycles. The number of nitro groups is 1. The normalized spacial score (nSPS) is 13.9. The lowest BCUT2D eigenvalue weighted by atomic mass is 9.86. The predicted octanol–water partition coefficient (Wildman–Crippen LogP) is 2.46. The monoisotopic (exact) mass is 287 g/mol. The fourth-order valence-electron chi connectivity index (χ4n) is 2.43. The van der Waals surface area contributed by atoms with Crippen molar-refractivity contribution in [1.29, 1.82) is 0 Å². The van der Waals surface area contributed by atoms with Crippen LogP contribution < -0.4 is 0 Å². The van der Waals surface area contributed by atoms with E-state index < -0.39 is 5.60 Å². The van der Waals surface area contributed by atoms with Crippen molar-refractivity contribution < 1.29 is 9.35 Å². The Kier molecular flexibility index (Phi) is 4.01. The van der Waals surface area contributed by atoms with Gasteiger partial charge in [0.1, 0.15) is 16.1 Å². The maximum Gasteiger partial charge on any atom is 0.278 e. The molecule has 0 saturated carbocycles. The van der Waals surface area contributed by atoms with Crippen LogP contribution in [0.15, 0.2) is 48.5 Å². The summed E-state index contributed by atoms with van der Waals surface area (Å²) in [5.41, 5.74) is 1.51. The molecule has 2 aromatic carbocycles. The summed E-state index contributed by atoms with van der Waals surface area (Å²) >= 11 is 0. The zero-order chi connectivity index (χ0) is 14.8. The fraction of sp³-hybridized carbons (Fsp3) is 0.200. The van der Waals surface area contributed by atoms with Gasteiger partial charge in [0.2, 0.25) is 0 Å². The average molecular weight is 287 g/mol. The number of hydrogen-bond donors (Lipinski definition) is 0. The third-order valence-corrected chi connectivity index (χ3v) is 4.48. The van der Waals surface area contributed by atoms with Gasteiger partial charge in [-0.05, 0) is 25.5 Å². The van der Waals surface area contributed by atoms with E-state index in [1.54, 1.807) is 19.1 Å². The zero-order valence-electron chi connectivity index (χ0n) is 11.8. The van der Waals surface area contributed by atoms with Crippen LogP contribution >= 0.6 is 0 Å². The van der Waals surface area contributed by atoms with Gasteiger partial charge in [-0.1, -0.05) is 42.5 Å². The molecule has 0 aliphatic rings. The van der Waals surface area contributed by atoms with Gasteiger partial charge in [0.05, 0.1) is 10.5 Å². The summed E-state index contributed by atoms with van der Waals surface area (Å²) in [5.74, 6) is 0. The minimum Gasteiger partial charge on any atom is -0.414 e. The topological polar surface area (TPSA) is 52.4 Å². The maximum absolute atomic E-state index is 11.4. The molecule has 0 radical (unpaired) electrons. The van der Waals surface area contributed by atoms with Crippen molar-refractivity contribution in [2.45, 2.75) is 19.4 Å². The lowest BCUT2D eigenvalue weighted by molar-refractivity contribution is -0.387. The standard InChI is InChI=1S/C15H17NO3Si/c1-11-7-6-10-13(14(11)16(17)18)15(2,19-20)12-8-4-3-5-9-12/h3-10H,1-2,20H3. The predicted molar refractivity (Wildman–Crippen MR) is 81.8 cm³/mol. The Morgan fingerprint density at radius 3 is 2.35 bits per heavy atom. The van der Waals surface area contributed by atoms with Gasteiger partial charge in [-0.2, -0.15) is 0 Å². The number of hydrogen-bond acceptors (Lipinski definition) is 3. The molecule has 1 unspecified atom stereocenters. The van der Waals surface area contributed by atoms with Crippen molar-refractivity contribution in [3.63, 3.8) is 0 Å². The Bertz CT molecular complexity index is 630. The third kappa shape index (κ3) is 2.37. The van der Waals surface area contributed by atoms with E-state index in [4.69, 9.17) is 4.43 Å². The van der Waals surface area contributed by atoms with Crippen LogP contribution in [0, 0.1) is 17.0 Å². The molecular formula is C15H17NO3Si. The molecule has 0 amide bonds. The number of nitrogens with zero attached hydrogens (tertiary/aromatic N) is 1. The summed E-state index contributed by atoms with van der Waals surface area (Å²) in [6, 6.07) is 15.0. The molecule has 2 rings (SSSR count). The molecule has 0 heterocycles. The molecule has 20 heavy (non-hydrogen) atoms. The highest BCUT2D eigenvalue weighted by Gasteiger charge is 2.35. The van der Waals surface area contributed by atoms with Crippen LogP contribution in [0.25, 0.3) is 0 Å². The molecule has 1 atom stereocenters. The Labute approximate surface area is 121 Å². The number of nitro benzene ring substituents is 1. The largest absolute Gasteiger partial charge is 0.414 e. The van der Waals surface area contributed by atoms with E-state index in [0.29, 0.717) is 21.6 Å². The quantitative estimate of drug-likeness (QED) is 0.493. The Morgan fingerprint density at radius 2 is 1.80 bits per heavy atom. The van der Waals surface area contributed by atoms with Gasteiger partial charge >= 0.3 is 0 Å². The van der Waals surface area contributed by atoms with Crippen molar-refractivity contribution in [3.05, 3.63) is 75.3 Å². The van der Waals surface area contributed by atoms with Crippen LogP contribution in [0.3, 0.4) is 0 Å². The molecule has 0 N–H and O–H groups in total. The van der Waals surface area contributed by atoms with Crippen LogP contribution in [0.5, 0.6) is 0 Å². The van der Waals surface area contributed by atoms with Gasteiger partial charge in [-0.15, -0.1) is 0 Å². The number of benzene rings is 2. The van der Waals surface area contributed by atoms with Gasteiger partial charge in [0.25, 0.3) is 5.69 Å². The highest BCUT2D eigenvalue weighted by molar-refractivity contribution is 5.98. The average Bonchev–Trinajstić information content (AvgIpc) is 2.46. The first-order valence-electron chi connectivity index (χ1n) is 6.36. The SMILES string of the molecule is Cc1cccc(C(C)(O[SiH3])c2ccccc2)c1[N+](=O)[O-]. The Morgan fingerprint density at radius 1 is 1.15 bits per heavy atom. The smallest absolute Gasteiger partial charge is 0.278 e. The van der Waals surface area contributed by atoms with E-state index in [-0.39, 0.29) is 10.6 Å². The molecule has 0 aliphatic heterocycles. The first kappa shape index (κ1) is 14.4. The van der Waals surface area contributed by atoms with Crippen molar-refractivity contribution in [3.8, 4) is 0 Å². The molecule has 0 aromatic heterocycles. The van der Waals surface area contributed by atoms with Crippen molar-refractivity contribution >= 4 is 16.2 Å². The molecule has 0 fully saturated rings. The summed E-state index contributed by atoms with van der Waals surface area (Å²) in [6.07, 6.45) is 0. The van der Waals surface area contributed by atoms with Crippen LogP contribution in [0.4, 0.5) is 5.69 Å². The second kappa shape index (κ2) is 5.56. The number of para-hydroxylation sites is 1. The second-order valence-electron chi connectivity index (χ2n) is 4.83. The number of rotatable bonds is 4. The molecule has 5 heteroatoms. The minimum atomic E-state index is -0.790. The Balaban J connectivity index is 2.70. The fourth-order valence-corrected chi connectivity index (χ4v) is 2.88. The molecule has 104 valence electrons. The van der Waals surface area contributed by atoms with Crippen LogP contribution in [0.1, 0.15) is 23.6 Å². The summed E-state index contributed by atoms with van der Waals surface area (Å²) in [4.78, 5) is 11.1. The highest BCUT2D eigenvalue weighted by Crippen LogP contribution is 2.39. The second-order valence-corrected chi connectivity index (χ2v) is 5.24. The zero-order valence-corrected chi connectivity index (χ0v) is 13.8. The first-order chi connectivity index (χ1) is 9.50. The van der Waals surface area contributed by atoms with Crippen molar-refractivity contribution in [2.24, 2.45) is 0 Å². The summed E-state index contributed by atoms with van der Waals surface area (Å²) in [5, 5.41) is 11.4. The van der Waals surface area contributed by atoms with Crippen LogP contribution in [-0.4, -0.2) is 15.4 Å². The van der Waals surface area contributed by atoms with Crippen molar-refractivity contribution in [2.75, 3.05) is 0 Å². The van der Waals surface area contributed by atoms with Gasteiger partial charge in [-0.3, -0.25) is 10.1 Å². The molecule has 4 nitrogen and oxygen atoms in total. The molecular weight excluding hydrogens is 270 g/mol. The van der Waals surface area contributed by atoms with E-state index in [9.17, 15) is 10.1 Å². The van der Waals surface area contributed by atoms with E-state index in [1.807, 2.05) is 43.3 Å². The van der Waals surface area contributed by atoms with Gasteiger partial charge < -0.3 is 4.43 Å². The number of aryl methyl sites for hydroxylation is 1. The van der Waals surface area contributed by atoms with E-state index in [2.05, 4.69) is 0 Å². The summed E-state index contributed by atoms with van der Waals surface area (Å²) in [6.45, 7) is 3.64. The lowest BCUT2D eigenvalue weighted by Gasteiger charge is -2.30. The summed E-state index contributed by atoms with van der Waals surface area (Å²) in [7, 11) is 0.485. The van der Waals surface area contributed by atoms with E-state index >= 15 is 0 Å². The third-order valence-electron chi connectivity index (χ3n) is 3.67. The molecule has 2 aromatic rings. The van der Waals surface area contributed by atoms with Gasteiger partial charge in [0.15, 0.2) is 0 Å². The van der Waals surface area contributed by atoms with Gasteiger partial charge in [-0.25, -0.2) is 0 Å². The van der Waals surface area contributed by atoms with E-state index in [1.165, 1.54) is 0 Å². The highest BCUT2D eigenvalue weighted by atomic mass is 28.2. The Hall–Kier alpha value is -1.98. The first-order valence-corrected chi connectivity index (χ1v) is 7.17. The molecule has 0 aliphatic carbocycles. The van der Waals surface area contributed by atoms with Crippen LogP contribution in [0.2, 0.25) is 0 Å². The minimum absolute atomic E-state index is 0.134.